The third-order valence-corrected chi connectivity index (χ3v) is 5.68. The second kappa shape index (κ2) is 7.09. The van der Waals surface area contributed by atoms with Gasteiger partial charge in [0, 0.05) is 23.7 Å². The van der Waals surface area contributed by atoms with Gasteiger partial charge in [0.2, 0.25) is 0 Å². The lowest BCUT2D eigenvalue weighted by Gasteiger charge is -2.27. The lowest BCUT2D eigenvalue weighted by molar-refractivity contribution is 0.425. The Kier molecular flexibility index (Phi) is 4.38. The Morgan fingerprint density at radius 1 is 1.03 bits per heavy atom. The molecule has 0 aliphatic carbocycles. The maximum atomic E-state index is 5.43. The number of hydrogen-bond donors (Lipinski definition) is 0. The van der Waals surface area contributed by atoms with Gasteiger partial charge < -0.3 is 9.42 Å². The molecule has 0 saturated heterocycles. The summed E-state index contributed by atoms with van der Waals surface area (Å²) in [6.45, 7) is 8.98. The first kappa shape index (κ1) is 18.5. The SMILES string of the molecule is CCc1ccc(N2CC(C)c3nnc(C)n3-c3ccc(-c4nc(C)no4)cc32)cc1. The van der Waals surface area contributed by atoms with Crippen LogP contribution in [0.1, 0.15) is 42.8 Å². The quantitative estimate of drug-likeness (QED) is 0.494. The van der Waals surface area contributed by atoms with E-state index in [1.165, 1.54) is 5.56 Å². The fraction of sp³-hybridized carbons (Fsp3) is 0.304. The number of anilines is 2. The van der Waals surface area contributed by atoms with Gasteiger partial charge in [-0.05, 0) is 56.2 Å². The van der Waals surface area contributed by atoms with Crippen molar-refractivity contribution < 1.29 is 4.52 Å². The van der Waals surface area contributed by atoms with Gasteiger partial charge in [-0.2, -0.15) is 4.98 Å². The molecular formula is C23H24N6O. The molecule has 0 amide bonds. The molecule has 30 heavy (non-hydrogen) atoms. The van der Waals surface area contributed by atoms with Gasteiger partial charge in [0.15, 0.2) is 5.82 Å². The molecule has 152 valence electrons. The van der Waals surface area contributed by atoms with Crippen LogP contribution < -0.4 is 4.90 Å². The van der Waals surface area contributed by atoms with Crippen LogP contribution in [0.5, 0.6) is 0 Å². The summed E-state index contributed by atoms with van der Waals surface area (Å²) in [5.74, 6) is 3.20. The van der Waals surface area contributed by atoms with Crippen LogP contribution in [0.4, 0.5) is 11.4 Å². The van der Waals surface area contributed by atoms with Crippen LogP contribution in [0.2, 0.25) is 0 Å². The lowest BCUT2D eigenvalue weighted by atomic mass is 10.1. The number of rotatable bonds is 3. The van der Waals surface area contributed by atoms with Crippen molar-refractivity contribution >= 4 is 11.4 Å². The summed E-state index contributed by atoms with van der Waals surface area (Å²) in [6, 6.07) is 15.0. The van der Waals surface area contributed by atoms with Crippen LogP contribution in [-0.2, 0) is 6.42 Å². The van der Waals surface area contributed by atoms with E-state index in [4.69, 9.17) is 4.52 Å². The fourth-order valence-electron chi connectivity index (χ4n) is 4.08. The van der Waals surface area contributed by atoms with Crippen molar-refractivity contribution in [3.8, 4) is 17.1 Å². The standard InChI is InChI=1S/C23H24N6O/c1-5-17-6-9-19(10-7-17)28-13-14(2)22-26-25-16(4)29(22)20-11-8-18(12-21(20)28)23-24-15(3)27-30-23/h6-12,14H,5,13H2,1-4H3. The van der Waals surface area contributed by atoms with Crippen molar-refractivity contribution in [3.63, 3.8) is 0 Å². The molecule has 2 aromatic carbocycles. The molecule has 1 unspecified atom stereocenters. The molecule has 1 atom stereocenters. The van der Waals surface area contributed by atoms with Crippen molar-refractivity contribution in [2.45, 2.75) is 40.0 Å². The predicted octanol–water partition coefficient (Wildman–Crippen LogP) is 4.75. The van der Waals surface area contributed by atoms with Crippen LogP contribution in [-0.4, -0.2) is 31.4 Å². The highest BCUT2D eigenvalue weighted by Crippen LogP contribution is 2.40. The first-order chi connectivity index (χ1) is 14.5. The second-order valence-electron chi connectivity index (χ2n) is 7.82. The van der Waals surface area contributed by atoms with Crippen molar-refractivity contribution in [2.75, 3.05) is 11.4 Å². The first-order valence-corrected chi connectivity index (χ1v) is 10.3. The third kappa shape index (κ3) is 2.98. The summed E-state index contributed by atoms with van der Waals surface area (Å²) < 4.78 is 7.59. The van der Waals surface area contributed by atoms with Gasteiger partial charge in [-0.1, -0.05) is 31.1 Å². The van der Waals surface area contributed by atoms with Gasteiger partial charge >= 0.3 is 0 Å². The topological polar surface area (TPSA) is 72.9 Å². The largest absolute Gasteiger partial charge is 0.339 e. The molecule has 4 aromatic rings. The van der Waals surface area contributed by atoms with E-state index in [2.05, 4.69) is 80.1 Å². The number of hydrogen-bond acceptors (Lipinski definition) is 6. The summed E-state index contributed by atoms with van der Waals surface area (Å²) >= 11 is 0. The highest BCUT2D eigenvalue weighted by Gasteiger charge is 2.29. The second-order valence-corrected chi connectivity index (χ2v) is 7.82. The smallest absolute Gasteiger partial charge is 0.257 e. The van der Waals surface area contributed by atoms with E-state index in [1.807, 2.05) is 19.9 Å². The molecule has 1 aliphatic heterocycles. The van der Waals surface area contributed by atoms with Crippen molar-refractivity contribution in [1.82, 2.24) is 24.9 Å². The van der Waals surface area contributed by atoms with Gasteiger partial charge in [-0.15, -0.1) is 10.2 Å². The Bertz CT molecular complexity index is 1210. The summed E-state index contributed by atoms with van der Waals surface area (Å²) in [6.07, 6.45) is 1.02. The van der Waals surface area contributed by atoms with E-state index in [0.717, 1.165) is 47.2 Å². The Morgan fingerprint density at radius 2 is 1.83 bits per heavy atom. The van der Waals surface area contributed by atoms with E-state index in [9.17, 15) is 0 Å². The molecule has 2 aromatic heterocycles. The van der Waals surface area contributed by atoms with Gasteiger partial charge in [0.05, 0.1) is 11.4 Å². The summed E-state index contributed by atoms with van der Waals surface area (Å²) in [4.78, 5) is 6.76. The van der Waals surface area contributed by atoms with E-state index < -0.39 is 0 Å². The van der Waals surface area contributed by atoms with Crippen LogP contribution in [0.3, 0.4) is 0 Å². The minimum absolute atomic E-state index is 0.207. The van der Waals surface area contributed by atoms with Crippen LogP contribution in [0, 0.1) is 13.8 Å². The maximum absolute atomic E-state index is 5.43. The summed E-state index contributed by atoms with van der Waals surface area (Å²) in [5, 5.41) is 12.8. The minimum atomic E-state index is 0.207. The van der Waals surface area contributed by atoms with Crippen molar-refractivity contribution in [3.05, 3.63) is 65.5 Å². The number of benzene rings is 2. The van der Waals surface area contributed by atoms with Crippen molar-refractivity contribution in [1.29, 1.82) is 0 Å². The molecular weight excluding hydrogens is 376 g/mol. The van der Waals surface area contributed by atoms with E-state index in [0.29, 0.717) is 11.7 Å². The normalized spacial score (nSPS) is 15.6. The van der Waals surface area contributed by atoms with E-state index in [-0.39, 0.29) is 5.92 Å². The van der Waals surface area contributed by atoms with Crippen molar-refractivity contribution in [2.24, 2.45) is 0 Å². The molecule has 3 heterocycles. The predicted molar refractivity (Wildman–Crippen MR) is 115 cm³/mol. The number of aryl methyl sites for hydroxylation is 3. The molecule has 0 spiro atoms. The third-order valence-electron chi connectivity index (χ3n) is 5.68. The summed E-state index contributed by atoms with van der Waals surface area (Å²) in [5.41, 5.74) is 5.49. The first-order valence-electron chi connectivity index (χ1n) is 10.3. The van der Waals surface area contributed by atoms with Gasteiger partial charge in [0.1, 0.15) is 11.6 Å². The Morgan fingerprint density at radius 3 is 2.53 bits per heavy atom. The maximum Gasteiger partial charge on any atom is 0.257 e. The molecule has 1 aliphatic rings. The average Bonchev–Trinajstić information content (AvgIpc) is 3.34. The molecule has 0 radical (unpaired) electrons. The lowest BCUT2D eigenvalue weighted by Crippen LogP contribution is -2.22. The zero-order valence-corrected chi connectivity index (χ0v) is 17.6. The zero-order valence-electron chi connectivity index (χ0n) is 17.6. The Labute approximate surface area is 175 Å². The fourth-order valence-corrected chi connectivity index (χ4v) is 4.08. The highest BCUT2D eigenvalue weighted by atomic mass is 16.5. The van der Waals surface area contributed by atoms with Gasteiger partial charge in [0.25, 0.3) is 5.89 Å². The number of aromatic nitrogens is 5. The zero-order chi connectivity index (χ0) is 20.8. The molecule has 0 bridgehead atoms. The number of nitrogens with zero attached hydrogens (tertiary/aromatic N) is 6. The summed E-state index contributed by atoms with van der Waals surface area (Å²) in [7, 11) is 0. The van der Waals surface area contributed by atoms with E-state index >= 15 is 0 Å². The van der Waals surface area contributed by atoms with Gasteiger partial charge in [-0.3, -0.25) is 4.57 Å². The Hall–Kier alpha value is -3.48. The highest BCUT2D eigenvalue weighted by molar-refractivity contribution is 5.77. The average molecular weight is 400 g/mol. The molecule has 7 heteroatoms. The van der Waals surface area contributed by atoms with Crippen LogP contribution in [0.15, 0.2) is 47.0 Å². The molecule has 0 N–H and O–H groups in total. The van der Waals surface area contributed by atoms with E-state index in [1.54, 1.807) is 0 Å². The monoisotopic (exact) mass is 400 g/mol. The number of fused-ring (bicyclic) bond motifs is 3. The molecule has 0 saturated carbocycles. The Balaban J connectivity index is 1.72. The van der Waals surface area contributed by atoms with Crippen LogP contribution in [0.25, 0.3) is 17.1 Å². The van der Waals surface area contributed by atoms with Gasteiger partial charge in [-0.25, -0.2) is 0 Å². The van der Waals surface area contributed by atoms with Crippen LogP contribution >= 0.6 is 0 Å². The molecule has 7 nitrogen and oxygen atoms in total. The minimum Gasteiger partial charge on any atom is -0.339 e. The molecule has 5 rings (SSSR count). The molecule has 0 fully saturated rings.